The van der Waals surface area contributed by atoms with Crippen molar-refractivity contribution in [3.63, 3.8) is 0 Å². The van der Waals surface area contributed by atoms with Crippen LogP contribution in [0.4, 0.5) is 0 Å². The Kier molecular flexibility index (Phi) is 5.84. The topological polar surface area (TPSA) is 46.5 Å². The van der Waals surface area contributed by atoms with E-state index in [2.05, 4.69) is 23.9 Å². The highest BCUT2D eigenvalue weighted by molar-refractivity contribution is 7.80. The van der Waals surface area contributed by atoms with Crippen molar-refractivity contribution in [2.24, 2.45) is 0 Å². The van der Waals surface area contributed by atoms with Crippen molar-refractivity contribution in [2.75, 3.05) is 5.75 Å². The van der Waals surface area contributed by atoms with Crippen molar-refractivity contribution in [3.8, 4) is 0 Å². The molecule has 0 aromatic heterocycles. The highest BCUT2D eigenvalue weighted by atomic mass is 32.1. The van der Waals surface area contributed by atoms with Crippen LogP contribution < -0.4 is 0 Å². The first-order chi connectivity index (χ1) is 5.57. The molecule has 0 aliphatic carbocycles. The Labute approximate surface area is 77.8 Å². The Morgan fingerprint density at radius 1 is 1.75 bits per heavy atom. The van der Waals surface area contributed by atoms with Gasteiger partial charge in [0.05, 0.1) is 0 Å². The predicted octanol–water partition coefficient (Wildman–Crippen LogP) is 1.13. The molecule has 0 aliphatic rings. The van der Waals surface area contributed by atoms with Crippen LogP contribution in [-0.2, 0) is 9.53 Å². The van der Waals surface area contributed by atoms with Crippen LogP contribution in [0.3, 0.4) is 0 Å². The summed E-state index contributed by atoms with van der Waals surface area (Å²) in [6.07, 6.45) is 0.109. The Bertz CT molecular complexity index is 168. The number of hydrogen-bond acceptors (Lipinski definition) is 4. The Morgan fingerprint density at radius 3 is 2.75 bits per heavy atom. The lowest BCUT2D eigenvalue weighted by Crippen LogP contribution is -2.17. The van der Waals surface area contributed by atoms with Gasteiger partial charge in [0, 0.05) is 12.0 Å². The number of thiol groups is 1. The van der Waals surface area contributed by atoms with Crippen LogP contribution in [0.25, 0.3) is 0 Å². The number of aliphatic hydroxyl groups excluding tert-OH is 1. The van der Waals surface area contributed by atoms with Gasteiger partial charge < -0.3 is 9.84 Å². The number of carbonyl (C=O) groups excluding carboxylic acids is 1. The van der Waals surface area contributed by atoms with Crippen molar-refractivity contribution in [1.82, 2.24) is 0 Å². The lowest BCUT2D eigenvalue weighted by Gasteiger charge is -2.10. The van der Waals surface area contributed by atoms with Crippen LogP contribution >= 0.6 is 12.6 Å². The molecule has 1 atom stereocenters. The van der Waals surface area contributed by atoms with E-state index in [-0.39, 0.29) is 0 Å². The number of ether oxygens (including phenoxy) is 1. The van der Waals surface area contributed by atoms with Gasteiger partial charge in [-0.25, -0.2) is 4.79 Å². The van der Waals surface area contributed by atoms with Crippen molar-refractivity contribution in [3.05, 3.63) is 12.2 Å². The molecule has 0 radical (unpaired) electrons. The van der Waals surface area contributed by atoms with Crippen LogP contribution in [0, 0.1) is 0 Å². The summed E-state index contributed by atoms with van der Waals surface area (Å²) in [4.78, 5) is 10.8. The zero-order valence-electron chi connectivity index (χ0n) is 7.12. The lowest BCUT2D eigenvalue weighted by molar-refractivity contribution is -0.163. The van der Waals surface area contributed by atoms with Gasteiger partial charge in [0.25, 0.3) is 0 Å². The Morgan fingerprint density at radius 2 is 2.33 bits per heavy atom. The van der Waals surface area contributed by atoms with Crippen LogP contribution in [0.5, 0.6) is 0 Å². The van der Waals surface area contributed by atoms with E-state index in [0.29, 0.717) is 24.2 Å². The zero-order chi connectivity index (χ0) is 9.56. The van der Waals surface area contributed by atoms with E-state index in [1.54, 1.807) is 0 Å². The standard InChI is InChI=1S/C8H14O3S/c1-6(2)8(10)11-7(9)4-3-5-12/h7,9,12H,1,3-5H2,2H3. The largest absolute Gasteiger partial charge is 0.433 e. The van der Waals surface area contributed by atoms with Crippen molar-refractivity contribution in [1.29, 1.82) is 0 Å². The molecule has 4 heteroatoms. The fourth-order valence-electron chi connectivity index (χ4n) is 0.549. The second-order valence-electron chi connectivity index (χ2n) is 2.51. The molecule has 0 amide bonds. The van der Waals surface area contributed by atoms with E-state index in [1.807, 2.05) is 0 Å². The molecule has 3 nitrogen and oxygen atoms in total. The minimum absolute atomic E-state index is 0.292. The molecule has 0 aliphatic heterocycles. The Balaban J connectivity index is 3.61. The maximum atomic E-state index is 10.8. The molecule has 0 aromatic rings. The van der Waals surface area contributed by atoms with E-state index < -0.39 is 12.3 Å². The van der Waals surface area contributed by atoms with Gasteiger partial charge in [0.15, 0.2) is 0 Å². The van der Waals surface area contributed by atoms with Gasteiger partial charge in [0.1, 0.15) is 0 Å². The number of rotatable bonds is 5. The summed E-state index contributed by atoms with van der Waals surface area (Å²) in [5, 5.41) is 9.08. The molecular formula is C8H14O3S. The van der Waals surface area contributed by atoms with E-state index in [9.17, 15) is 4.79 Å². The molecule has 0 spiro atoms. The van der Waals surface area contributed by atoms with Crippen LogP contribution in [-0.4, -0.2) is 23.1 Å². The number of aliphatic hydroxyl groups is 1. The third kappa shape index (κ3) is 5.21. The number of esters is 1. The van der Waals surface area contributed by atoms with Gasteiger partial charge in [-0.1, -0.05) is 6.58 Å². The fraction of sp³-hybridized carbons (Fsp3) is 0.625. The second kappa shape index (κ2) is 6.08. The van der Waals surface area contributed by atoms with E-state index in [4.69, 9.17) is 5.11 Å². The minimum Gasteiger partial charge on any atom is -0.433 e. The molecular weight excluding hydrogens is 176 g/mol. The summed E-state index contributed by atoms with van der Waals surface area (Å²) in [5.74, 6) is 0.114. The molecule has 0 bridgehead atoms. The van der Waals surface area contributed by atoms with E-state index in [1.165, 1.54) is 6.92 Å². The van der Waals surface area contributed by atoms with E-state index in [0.717, 1.165) is 0 Å². The molecule has 12 heavy (non-hydrogen) atoms. The van der Waals surface area contributed by atoms with Crippen LogP contribution in [0.15, 0.2) is 12.2 Å². The van der Waals surface area contributed by atoms with Gasteiger partial charge in [-0.3, -0.25) is 0 Å². The first-order valence-corrected chi connectivity index (χ1v) is 4.36. The highest BCUT2D eigenvalue weighted by Gasteiger charge is 2.10. The summed E-state index contributed by atoms with van der Waals surface area (Å²) in [5.41, 5.74) is 0.292. The SMILES string of the molecule is C=C(C)C(=O)OC(O)CCCS. The van der Waals surface area contributed by atoms with Gasteiger partial charge >= 0.3 is 5.97 Å². The molecule has 1 unspecified atom stereocenters. The number of hydrogen-bond donors (Lipinski definition) is 2. The van der Waals surface area contributed by atoms with E-state index >= 15 is 0 Å². The van der Waals surface area contributed by atoms with Gasteiger partial charge in [-0.05, 0) is 19.1 Å². The first kappa shape index (κ1) is 11.5. The second-order valence-corrected chi connectivity index (χ2v) is 2.95. The summed E-state index contributed by atoms with van der Waals surface area (Å²) in [6.45, 7) is 4.92. The molecule has 0 saturated carbocycles. The summed E-state index contributed by atoms with van der Waals surface area (Å²) in [6, 6.07) is 0. The average molecular weight is 190 g/mol. The third-order valence-corrected chi connectivity index (χ3v) is 1.52. The highest BCUT2D eigenvalue weighted by Crippen LogP contribution is 2.03. The molecule has 1 N–H and O–H groups in total. The third-order valence-electron chi connectivity index (χ3n) is 1.20. The number of carbonyl (C=O) groups is 1. The molecule has 0 fully saturated rings. The predicted molar refractivity (Wildman–Crippen MR) is 50.0 cm³/mol. The molecule has 0 heterocycles. The quantitative estimate of drug-likeness (QED) is 0.296. The fourth-order valence-corrected chi connectivity index (χ4v) is 0.732. The monoisotopic (exact) mass is 190 g/mol. The van der Waals surface area contributed by atoms with Gasteiger partial charge in [-0.15, -0.1) is 0 Å². The minimum atomic E-state index is -1.03. The van der Waals surface area contributed by atoms with Crippen LogP contribution in [0.2, 0.25) is 0 Å². The van der Waals surface area contributed by atoms with Crippen LogP contribution in [0.1, 0.15) is 19.8 Å². The van der Waals surface area contributed by atoms with Gasteiger partial charge in [0.2, 0.25) is 6.29 Å². The molecule has 70 valence electrons. The summed E-state index contributed by atoms with van der Waals surface area (Å²) < 4.78 is 4.60. The van der Waals surface area contributed by atoms with Crippen molar-refractivity contribution >= 4 is 18.6 Å². The molecule has 0 saturated heterocycles. The Hall–Kier alpha value is -0.480. The smallest absolute Gasteiger partial charge is 0.335 e. The zero-order valence-corrected chi connectivity index (χ0v) is 8.01. The van der Waals surface area contributed by atoms with Crippen molar-refractivity contribution < 1.29 is 14.6 Å². The van der Waals surface area contributed by atoms with Gasteiger partial charge in [-0.2, -0.15) is 12.6 Å². The molecule has 0 aromatic carbocycles. The maximum absolute atomic E-state index is 10.8. The maximum Gasteiger partial charge on any atom is 0.335 e. The summed E-state index contributed by atoms with van der Waals surface area (Å²) in [7, 11) is 0. The van der Waals surface area contributed by atoms with Crippen molar-refractivity contribution in [2.45, 2.75) is 26.1 Å². The normalized spacial score (nSPS) is 12.2. The first-order valence-electron chi connectivity index (χ1n) is 3.73. The summed E-state index contributed by atoms with van der Waals surface area (Å²) >= 11 is 3.96. The molecule has 0 rings (SSSR count). The average Bonchev–Trinajstić information content (AvgIpc) is 2.00. The lowest BCUT2D eigenvalue weighted by atomic mass is 10.3.